The second-order valence-corrected chi connectivity index (χ2v) is 27.3. The lowest BCUT2D eigenvalue weighted by molar-refractivity contribution is 0.1000. The number of H-pyrrole nitrogens is 2. The van der Waals surface area contributed by atoms with Crippen LogP contribution in [0.3, 0.4) is 0 Å². The minimum atomic E-state index is -0.470. The van der Waals surface area contributed by atoms with Crippen LogP contribution in [-0.2, 0) is 32.5 Å². The van der Waals surface area contributed by atoms with Gasteiger partial charge in [-0.15, -0.1) is 0 Å². The highest BCUT2D eigenvalue weighted by Gasteiger charge is 2.28. The number of benzene rings is 4. The van der Waals surface area contributed by atoms with Gasteiger partial charge in [-0.05, 0) is 149 Å². The predicted octanol–water partition coefficient (Wildman–Crippen LogP) is 18.2. The van der Waals surface area contributed by atoms with Crippen molar-refractivity contribution < 1.29 is 4.79 Å². The molecular weight excluding hydrogens is 915 g/mol. The highest BCUT2D eigenvalue weighted by atomic mass is 16.1. The van der Waals surface area contributed by atoms with E-state index in [1.807, 2.05) is 12.1 Å². The summed E-state index contributed by atoms with van der Waals surface area (Å²) in [4.78, 5) is 31.9. The lowest BCUT2D eigenvalue weighted by Crippen LogP contribution is -2.16. The van der Waals surface area contributed by atoms with Crippen molar-refractivity contribution in [3.05, 3.63) is 165 Å². The summed E-state index contributed by atoms with van der Waals surface area (Å²) in [5, 5.41) is 0. The SMILES string of the molecule is CC(C)(C)c1cc(-c2c3nc(c(-c4cc(C(C)(C)C)cc(C(C)(C)C)c4)c4ccc([nH]4)c(-c4cc(C(C)(C)C)cc(C(C)(C)C)c4)c4nc(c(-c5ccc(C(N)=O)cc5)c5ccc2[nH]5)C=C4)C=C3)cc(C(C)(C)C)c1. The van der Waals surface area contributed by atoms with Gasteiger partial charge in [-0.1, -0.05) is 191 Å². The zero-order valence-electron chi connectivity index (χ0n) is 48.0. The fourth-order valence-corrected chi connectivity index (χ4v) is 10.1. The van der Waals surface area contributed by atoms with E-state index >= 15 is 0 Å². The Morgan fingerprint density at radius 1 is 0.333 bits per heavy atom. The largest absolute Gasteiger partial charge is 0.366 e. The third kappa shape index (κ3) is 10.6. The van der Waals surface area contributed by atoms with Crippen LogP contribution < -0.4 is 5.73 Å². The van der Waals surface area contributed by atoms with E-state index in [1.54, 1.807) is 12.1 Å². The van der Waals surface area contributed by atoms with Crippen molar-refractivity contribution in [2.75, 3.05) is 0 Å². The van der Waals surface area contributed by atoms with Crippen LogP contribution in [0.1, 0.15) is 191 Å². The fourth-order valence-electron chi connectivity index (χ4n) is 10.1. The summed E-state index contributed by atoms with van der Waals surface area (Å²) in [6.07, 6.45) is 8.70. The van der Waals surface area contributed by atoms with Gasteiger partial charge in [0, 0.05) is 49.9 Å². The maximum absolute atomic E-state index is 12.4. The van der Waals surface area contributed by atoms with E-state index in [2.05, 4.69) is 238 Å². The molecule has 0 fully saturated rings. The van der Waals surface area contributed by atoms with Gasteiger partial charge in [0.25, 0.3) is 0 Å². The van der Waals surface area contributed by atoms with Crippen molar-refractivity contribution in [2.24, 2.45) is 5.73 Å². The minimum Gasteiger partial charge on any atom is -0.366 e. The van der Waals surface area contributed by atoms with Crippen molar-refractivity contribution in [1.82, 2.24) is 19.9 Å². The number of aromatic nitrogens is 4. The molecule has 6 nitrogen and oxygen atoms in total. The molecule has 4 N–H and O–H groups in total. The molecule has 0 unspecified atom stereocenters. The average molecular weight is 994 g/mol. The van der Waals surface area contributed by atoms with Gasteiger partial charge >= 0.3 is 0 Å². The molecule has 0 radical (unpaired) electrons. The van der Waals surface area contributed by atoms with Gasteiger partial charge in [0.1, 0.15) is 0 Å². The number of rotatable bonds is 5. The number of amides is 1. The molecule has 5 heterocycles. The third-order valence-corrected chi connectivity index (χ3v) is 15.1. The monoisotopic (exact) mass is 994 g/mol. The first kappa shape index (κ1) is 52.8. The Kier molecular flexibility index (Phi) is 12.9. The smallest absolute Gasteiger partial charge is 0.248 e. The van der Waals surface area contributed by atoms with Crippen molar-refractivity contribution in [3.8, 4) is 44.5 Å². The Labute approximate surface area is 447 Å². The molecule has 1 amide bonds. The molecule has 9 rings (SSSR count). The first-order chi connectivity index (χ1) is 34.7. The normalized spacial score (nSPS) is 13.5. The van der Waals surface area contributed by atoms with Gasteiger partial charge in [-0.2, -0.15) is 0 Å². The number of carbonyl (C=O) groups excluding carboxylic acids is 1. The zero-order chi connectivity index (χ0) is 54.5. The highest BCUT2D eigenvalue weighted by Crippen LogP contribution is 2.44. The van der Waals surface area contributed by atoms with E-state index in [0.717, 1.165) is 89.4 Å². The number of nitrogens with zero attached hydrogens (tertiary/aromatic N) is 2. The van der Waals surface area contributed by atoms with Crippen molar-refractivity contribution in [1.29, 1.82) is 0 Å². The summed E-state index contributed by atoms with van der Waals surface area (Å²) in [6.45, 7) is 41.3. The van der Waals surface area contributed by atoms with E-state index in [0.29, 0.717) is 5.56 Å². The van der Waals surface area contributed by atoms with Gasteiger partial charge in [-0.3, -0.25) is 4.79 Å². The predicted molar refractivity (Wildman–Crippen MR) is 321 cm³/mol. The third-order valence-electron chi connectivity index (χ3n) is 15.1. The summed E-state index contributed by atoms with van der Waals surface area (Å²) in [5.41, 5.74) is 28.4. The van der Waals surface area contributed by atoms with Crippen LogP contribution >= 0.6 is 0 Å². The van der Waals surface area contributed by atoms with Crippen molar-refractivity contribution >= 4 is 52.3 Å². The van der Waals surface area contributed by atoms with Crippen LogP contribution in [0.4, 0.5) is 0 Å². The summed E-state index contributed by atoms with van der Waals surface area (Å²) >= 11 is 0. The molecule has 0 saturated carbocycles. The maximum Gasteiger partial charge on any atom is 0.248 e. The molecule has 6 heteroatoms. The lowest BCUT2D eigenvalue weighted by Gasteiger charge is -2.26. The molecular formula is C69H79N5O. The Morgan fingerprint density at radius 3 is 0.773 bits per heavy atom. The number of nitrogens with one attached hydrogen (secondary N) is 2. The van der Waals surface area contributed by atoms with Gasteiger partial charge < -0.3 is 15.7 Å². The van der Waals surface area contributed by atoms with E-state index in [4.69, 9.17) is 15.7 Å². The Bertz CT molecular complexity index is 3490. The minimum absolute atomic E-state index is 0.111. The topological polar surface area (TPSA) is 100 Å². The van der Waals surface area contributed by atoms with Crippen LogP contribution in [0.2, 0.25) is 0 Å². The van der Waals surface area contributed by atoms with Crippen molar-refractivity contribution in [2.45, 2.75) is 157 Å². The molecule has 3 aromatic heterocycles. The zero-order valence-corrected chi connectivity index (χ0v) is 48.0. The molecule has 4 aromatic carbocycles. The Morgan fingerprint density at radius 2 is 0.560 bits per heavy atom. The number of primary amides is 1. The second kappa shape index (κ2) is 18.4. The molecule has 8 bridgehead atoms. The summed E-state index contributed by atoms with van der Waals surface area (Å²) in [7, 11) is 0. The fraction of sp³-hybridized carbons (Fsp3) is 0.348. The molecule has 386 valence electrons. The van der Waals surface area contributed by atoms with Gasteiger partial charge in [0.15, 0.2) is 0 Å². The number of fused-ring (bicyclic) bond motifs is 8. The van der Waals surface area contributed by atoms with Gasteiger partial charge in [0.2, 0.25) is 5.91 Å². The maximum atomic E-state index is 12.4. The first-order valence-corrected chi connectivity index (χ1v) is 26.8. The molecule has 2 aliphatic rings. The second-order valence-electron chi connectivity index (χ2n) is 27.3. The molecule has 2 aliphatic heterocycles. The molecule has 0 saturated heterocycles. The first-order valence-electron chi connectivity index (χ1n) is 26.8. The number of carbonyl (C=O) groups is 1. The van der Waals surface area contributed by atoms with Crippen LogP contribution in [0.15, 0.2) is 103 Å². The summed E-state index contributed by atoms with van der Waals surface area (Å²) in [5.74, 6) is -0.470. The Balaban J connectivity index is 1.53. The molecule has 0 atom stereocenters. The van der Waals surface area contributed by atoms with Crippen LogP contribution in [0.25, 0.3) is 90.9 Å². The van der Waals surface area contributed by atoms with E-state index < -0.39 is 5.91 Å². The van der Waals surface area contributed by atoms with Crippen LogP contribution in [0.5, 0.6) is 0 Å². The van der Waals surface area contributed by atoms with E-state index in [1.165, 1.54) is 33.4 Å². The van der Waals surface area contributed by atoms with E-state index in [9.17, 15) is 4.79 Å². The van der Waals surface area contributed by atoms with Gasteiger partial charge in [0.05, 0.1) is 22.8 Å². The molecule has 7 aromatic rings. The summed E-state index contributed by atoms with van der Waals surface area (Å²) in [6, 6.07) is 37.7. The summed E-state index contributed by atoms with van der Waals surface area (Å²) < 4.78 is 0. The number of hydrogen-bond donors (Lipinski definition) is 3. The lowest BCUT2D eigenvalue weighted by atomic mass is 9.78. The van der Waals surface area contributed by atoms with Gasteiger partial charge in [-0.25, -0.2) is 9.97 Å². The number of hydrogen-bond acceptors (Lipinski definition) is 3. The van der Waals surface area contributed by atoms with E-state index in [-0.39, 0.29) is 32.5 Å². The highest BCUT2D eigenvalue weighted by molar-refractivity contribution is 6.01. The quantitative estimate of drug-likeness (QED) is 0.160. The molecule has 75 heavy (non-hydrogen) atoms. The average Bonchev–Trinajstić information content (AvgIpc) is 4.16. The van der Waals surface area contributed by atoms with Crippen LogP contribution in [-0.4, -0.2) is 25.8 Å². The number of nitrogens with two attached hydrogens (primary N) is 1. The standard InChI is InChI=1S/C69H79N5O/c1-64(2,3)45-31-42(32-46(37-45)65(4,5)6)60-53-25-23-51(71-53)59(40-19-21-41(22-20-40)63(70)75)52-24-26-54(72-52)61(43-33-47(66(7,8)9)38-48(34-43)67(10,11)12)56-28-30-58(74-56)62(57-29-27-55(60)73-57)44-35-49(68(13,14)15)39-50(36-44)69(16,17)18/h19-39,71,74H,1-18H3,(H2,70,75). The Hall–Kier alpha value is -7.05. The molecule has 0 aliphatic carbocycles. The molecule has 0 spiro atoms. The number of aromatic amines is 2. The van der Waals surface area contributed by atoms with Crippen molar-refractivity contribution in [3.63, 3.8) is 0 Å². The van der Waals surface area contributed by atoms with Crippen LogP contribution in [0, 0.1) is 0 Å².